The predicted octanol–water partition coefficient (Wildman–Crippen LogP) is 3.99. The number of nitrogens with zero attached hydrogens (tertiary/aromatic N) is 3. The molecule has 0 aliphatic heterocycles. The van der Waals surface area contributed by atoms with E-state index in [4.69, 9.17) is 21.1 Å². The molecule has 230 valence electrons. The largest absolute Gasteiger partial charge is 0.495 e. The van der Waals surface area contributed by atoms with E-state index in [9.17, 15) is 18.3 Å². The summed E-state index contributed by atoms with van der Waals surface area (Å²) in [6, 6.07) is 9.14. The second-order valence-corrected chi connectivity index (χ2v) is 13.2. The number of sulfonamides is 1. The predicted molar refractivity (Wildman–Crippen MR) is 159 cm³/mol. The van der Waals surface area contributed by atoms with Crippen molar-refractivity contribution in [1.29, 1.82) is 0 Å². The second kappa shape index (κ2) is 12.6. The number of carbonyl (C=O) groups is 1. The van der Waals surface area contributed by atoms with Crippen LogP contribution in [0.25, 0.3) is 0 Å². The lowest BCUT2D eigenvalue weighted by molar-refractivity contribution is 0.0863. The Morgan fingerprint density at radius 2 is 1.91 bits per heavy atom. The van der Waals surface area contributed by atoms with Gasteiger partial charge in [-0.2, -0.15) is 9.29 Å². The molecule has 1 amide bonds. The Kier molecular flexibility index (Phi) is 9.07. The molecule has 2 aromatic carbocycles. The fourth-order valence-electron chi connectivity index (χ4n) is 5.52. The third kappa shape index (κ3) is 6.85. The van der Waals surface area contributed by atoms with Crippen molar-refractivity contribution < 1.29 is 32.2 Å². The molecule has 3 N–H and O–H groups in total. The Bertz CT molecular complexity index is 1620. The number of hydrogen-bond acceptors (Lipinski definition) is 9. The standard InChI is InChI=1S/C29H33ClFN5O6S/c1-36(43(3,39)40)26-19-7-5-4-6-16(19)12-25(26)42-28-21(30)15-32-29(35-28)34-23-14-22(31)20(13-24(23)41-2)27(38)33-17-8-10-18(37)11-9-17/h4-7,13-15,17-18,25-26,37H,8-12H2,1-3H3,(H,33,38)(H,32,34,35)/t17-,18-,25-,26-/m1/s1. The van der Waals surface area contributed by atoms with Crippen LogP contribution in [0.15, 0.2) is 42.6 Å². The van der Waals surface area contributed by atoms with Crippen LogP contribution >= 0.6 is 11.6 Å². The number of aromatic nitrogens is 2. The summed E-state index contributed by atoms with van der Waals surface area (Å²) in [7, 11) is -0.676. The number of fused-ring (bicyclic) bond motifs is 1. The average Bonchev–Trinajstić information content (AvgIpc) is 3.32. The SMILES string of the molecule is COc1cc(C(=O)N[C@H]2CC[C@H](O)CC2)c(F)cc1Nc1ncc(Cl)c(O[C@@H]2Cc3ccccc3[C@H]2N(C)S(C)(=O)=O)n1. The molecular weight excluding hydrogens is 601 g/mol. The highest BCUT2D eigenvalue weighted by molar-refractivity contribution is 7.88. The topological polar surface area (TPSA) is 143 Å². The molecule has 0 bridgehead atoms. The number of rotatable bonds is 9. The number of hydrogen-bond donors (Lipinski definition) is 3. The molecule has 5 rings (SSSR count). The first-order valence-corrected chi connectivity index (χ1v) is 16.0. The number of carbonyl (C=O) groups excluding carboxylic acids is 1. The maximum atomic E-state index is 15.2. The lowest BCUT2D eigenvalue weighted by Crippen LogP contribution is -2.38. The minimum absolute atomic E-state index is 0.0110. The van der Waals surface area contributed by atoms with Gasteiger partial charge in [-0.25, -0.2) is 17.8 Å². The van der Waals surface area contributed by atoms with Crippen LogP contribution < -0.4 is 20.1 Å². The van der Waals surface area contributed by atoms with Crippen LogP contribution in [0.2, 0.25) is 5.02 Å². The van der Waals surface area contributed by atoms with Gasteiger partial charge < -0.3 is 25.2 Å². The van der Waals surface area contributed by atoms with Crippen molar-refractivity contribution in [1.82, 2.24) is 19.6 Å². The van der Waals surface area contributed by atoms with E-state index in [1.165, 1.54) is 30.7 Å². The maximum Gasteiger partial charge on any atom is 0.254 e. The third-order valence-corrected chi connectivity index (χ3v) is 9.38. The summed E-state index contributed by atoms with van der Waals surface area (Å²) in [6.45, 7) is 0. The van der Waals surface area contributed by atoms with E-state index in [0.717, 1.165) is 23.4 Å². The van der Waals surface area contributed by atoms with E-state index in [1.807, 2.05) is 24.3 Å². The number of halogens is 2. The van der Waals surface area contributed by atoms with Gasteiger partial charge in [0.15, 0.2) is 0 Å². The lowest BCUT2D eigenvalue weighted by atomic mass is 9.93. The summed E-state index contributed by atoms with van der Waals surface area (Å²) < 4.78 is 52.9. The van der Waals surface area contributed by atoms with Crippen LogP contribution in [-0.4, -0.2) is 72.4 Å². The quantitative estimate of drug-likeness (QED) is 0.319. The first-order chi connectivity index (χ1) is 20.4. The number of amides is 1. The van der Waals surface area contributed by atoms with E-state index in [1.54, 1.807) is 0 Å². The van der Waals surface area contributed by atoms with Crippen molar-refractivity contribution in [3.8, 4) is 11.6 Å². The molecule has 2 aliphatic rings. The summed E-state index contributed by atoms with van der Waals surface area (Å²) in [5, 5.41) is 15.5. The van der Waals surface area contributed by atoms with Crippen LogP contribution in [-0.2, 0) is 16.4 Å². The van der Waals surface area contributed by atoms with Crippen molar-refractivity contribution in [2.24, 2.45) is 0 Å². The molecule has 0 spiro atoms. The van der Waals surface area contributed by atoms with Crippen molar-refractivity contribution in [3.05, 3.63) is 70.1 Å². The summed E-state index contributed by atoms with van der Waals surface area (Å²) >= 11 is 6.38. The Morgan fingerprint density at radius 3 is 2.60 bits per heavy atom. The first kappa shape index (κ1) is 30.9. The fourth-order valence-corrected chi connectivity index (χ4v) is 6.31. The molecule has 1 heterocycles. The van der Waals surface area contributed by atoms with Gasteiger partial charge >= 0.3 is 0 Å². The van der Waals surface area contributed by atoms with Gasteiger partial charge in [-0.05, 0) is 42.9 Å². The Labute approximate surface area is 254 Å². The van der Waals surface area contributed by atoms with Gasteiger partial charge in [0, 0.05) is 25.6 Å². The number of ether oxygens (including phenoxy) is 2. The molecule has 3 aromatic rings. The molecule has 43 heavy (non-hydrogen) atoms. The maximum absolute atomic E-state index is 15.2. The van der Waals surface area contributed by atoms with Gasteiger partial charge in [0.25, 0.3) is 5.91 Å². The number of nitrogens with one attached hydrogen (secondary N) is 2. The zero-order valence-corrected chi connectivity index (χ0v) is 25.5. The zero-order chi connectivity index (χ0) is 30.9. The molecule has 11 nitrogen and oxygen atoms in total. The number of methoxy groups -OCH3 is 1. The van der Waals surface area contributed by atoms with Crippen molar-refractivity contribution >= 4 is 39.2 Å². The molecule has 1 fully saturated rings. The smallest absolute Gasteiger partial charge is 0.254 e. The highest BCUT2D eigenvalue weighted by atomic mass is 35.5. The Hall–Kier alpha value is -3.52. The zero-order valence-electron chi connectivity index (χ0n) is 23.9. The van der Waals surface area contributed by atoms with Gasteiger partial charge in [-0.1, -0.05) is 35.9 Å². The summed E-state index contributed by atoms with van der Waals surface area (Å²) in [4.78, 5) is 21.4. The molecule has 0 saturated heterocycles. The Balaban J connectivity index is 1.36. The molecular formula is C29H33ClFN5O6S. The number of aliphatic hydroxyl groups is 1. The summed E-state index contributed by atoms with van der Waals surface area (Å²) in [5.74, 6) is -1.16. The normalized spacial score (nSPS) is 21.7. The fraction of sp³-hybridized carbons (Fsp3) is 0.414. The minimum atomic E-state index is -3.56. The van der Waals surface area contributed by atoms with E-state index in [-0.39, 0.29) is 46.0 Å². The van der Waals surface area contributed by atoms with E-state index in [2.05, 4.69) is 20.6 Å². The number of anilines is 2. The molecule has 0 unspecified atom stereocenters. The average molecular weight is 634 g/mol. The monoisotopic (exact) mass is 633 g/mol. The number of likely N-dealkylation sites (N-methyl/N-ethyl adjacent to an activating group) is 1. The number of benzene rings is 2. The van der Waals surface area contributed by atoms with E-state index < -0.39 is 33.9 Å². The molecule has 2 atom stereocenters. The lowest BCUT2D eigenvalue weighted by Gasteiger charge is -2.28. The van der Waals surface area contributed by atoms with Crippen molar-refractivity contribution in [2.75, 3.05) is 25.7 Å². The van der Waals surface area contributed by atoms with Gasteiger partial charge in [-0.3, -0.25) is 4.79 Å². The van der Waals surface area contributed by atoms with Crippen LogP contribution in [0.3, 0.4) is 0 Å². The van der Waals surface area contributed by atoms with Crippen molar-refractivity contribution in [2.45, 2.75) is 56.4 Å². The molecule has 2 aliphatic carbocycles. The first-order valence-electron chi connectivity index (χ1n) is 13.8. The van der Waals surface area contributed by atoms with Gasteiger partial charge in [0.2, 0.25) is 21.9 Å². The van der Waals surface area contributed by atoms with Crippen LogP contribution in [0.1, 0.15) is 53.2 Å². The highest BCUT2D eigenvalue weighted by Crippen LogP contribution is 2.40. The molecule has 1 aromatic heterocycles. The van der Waals surface area contributed by atoms with Gasteiger partial charge in [-0.15, -0.1) is 0 Å². The van der Waals surface area contributed by atoms with Crippen LogP contribution in [0.4, 0.5) is 16.0 Å². The van der Waals surface area contributed by atoms with E-state index in [0.29, 0.717) is 32.1 Å². The highest BCUT2D eigenvalue weighted by Gasteiger charge is 2.40. The minimum Gasteiger partial charge on any atom is -0.495 e. The van der Waals surface area contributed by atoms with Gasteiger partial charge in [0.05, 0.1) is 43.0 Å². The van der Waals surface area contributed by atoms with E-state index >= 15 is 4.39 Å². The molecule has 14 heteroatoms. The summed E-state index contributed by atoms with van der Waals surface area (Å²) in [6.07, 6.45) is 4.25. The van der Waals surface area contributed by atoms with Gasteiger partial charge in [0.1, 0.15) is 22.7 Å². The third-order valence-electron chi connectivity index (χ3n) is 7.85. The van der Waals surface area contributed by atoms with Crippen molar-refractivity contribution in [3.63, 3.8) is 0 Å². The second-order valence-electron chi connectivity index (χ2n) is 10.8. The van der Waals surface area contributed by atoms with Crippen LogP contribution in [0.5, 0.6) is 11.6 Å². The Morgan fingerprint density at radius 1 is 1.19 bits per heavy atom. The number of aliphatic hydroxyl groups excluding tert-OH is 1. The molecule has 0 radical (unpaired) electrons. The summed E-state index contributed by atoms with van der Waals surface area (Å²) in [5.41, 5.74) is 1.75. The molecule has 1 saturated carbocycles. The van der Waals surface area contributed by atoms with Crippen LogP contribution in [0, 0.1) is 5.82 Å².